The quantitative estimate of drug-likeness (QED) is 0.814. The number of benzene rings is 2. The van der Waals surface area contributed by atoms with Gasteiger partial charge in [0.05, 0.1) is 7.11 Å². The molecule has 0 heterocycles. The van der Waals surface area contributed by atoms with Gasteiger partial charge in [0.15, 0.2) is 11.5 Å². The Balaban J connectivity index is 1.79. The van der Waals surface area contributed by atoms with Crippen LogP contribution in [-0.4, -0.2) is 31.5 Å². The number of aliphatic hydroxyl groups excluding tert-OH is 1. The largest absolute Gasteiger partial charge is 0.493 e. The summed E-state index contributed by atoms with van der Waals surface area (Å²) in [6.45, 7) is 0.638. The molecule has 2 aromatic carbocycles. The molecule has 2 N–H and O–H groups in total. The minimum absolute atomic E-state index is 0.209. The van der Waals surface area contributed by atoms with E-state index in [1.807, 2.05) is 54.6 Å². The predicted octanol–water partition coefficient (Wildman–Crippen LogP) is 2.55. The zero-order valence-electron chi connectivity index (χ0n) is 11.5. The maximum absolute atomic E-state index is 9.91. The summed E-state index contributed by atoms with van der Waals surface area (Å²) in [6, 6.07) is 17.1. The van der Waals surface area contributed by atoms with Gasteiger partial charge in [0.1, 0.15) is 12.7 Å². The lowest BCUT2D eigenvalue weighted by Crippen LogP contribution is -2.26. The van der Waals surface area contributed by atoms with Crippen LogP contribution in [0, 0.1) is 0 Å². The second-order valence-corrected chi connectivity index (χ2v) is 4.36. The van der Waals surface area contributed by atoms with Crippen LogP contribution in [0.4, 0.5) is 5.69 Å². The fourth-order valence-electron chi connectivity index (χ4n) is 1.77. The summed E-state index contributed by atoms with van der Waals surface area (Å²) in [5, 5.41) is 13.1. The topological polar surface area (TPSA) is 50.7 Å². The van der Waals surface area contributed by atoms with Crippen molar-refractivity contribution < 1.29 is 14.6 Å². The van der Waals surface area contributed by atoms with E-state index in [0.29, 0.717) is 18.0 Å². The van der Waals surface area contributed by atoms with E-state index in [1.54, 1.807) is 7.11 Å². The standard InChI is InChI=1S/C16H19NO3/c1-19-15-9-5-6-10-16(15)20-12-14(18)11-17-13-7-3-2-4-8-13/h2-10,14,17-18H,11-12H2,1H3. The minimum Gasteiger partial charge on any atom is -0.493 e. The zero-order chi connectivity index (χ0) is 14.2. The summed E-state index contributed by atoms with van der Waals surface area (Å²) in [6.07, 6.45) is -0.597. The number of para-hydroxylation sites is 3. The molecule has 4 nitrogen and oxygen atoms in total. The van der Waals surface area contributed by atoms with E-state index in [9.17, 15) is 5.11 Å². The summed E-state index contributed by atoms with van der Waals surface area (Å²) < 4.78 is 10.7. The minimum atomic E-state index is -0.597. The molecule has 0 fully saturated rings. The van der Waals surface area contributed by atoms with E-state index in [-0.39, 0.29) is 6.61 Å². The number of ether oxygens (including phenoxy) is 2. The molecule has 0 bridgehead atoms. The Hall–Kier alpha value is -2.20. The molecule has 0 aliphatic rings. The molecule has 1 atom stereocenters. The molecule has 0 saturated heterocycles. The van der Waals surface area contributed by atoms with Crippen molar-refractivity contribution in [3.05, 3.63) is 54.6 Å². The van der Waals surface area contributed by atoms with Crippen LogP contribution in [0.1, 0.15) is 0 Å². The van der Waals surface area contributed by atoms with Crippen LogP contribution in [0.3, 0.4) is 0 Å². The Bertz CT molecular complexity index is 516. The molecule has 0 radical (unpaired) electrons. The van der Waals surface area contributed by atoms with Crippen LogP contribution < -0.4 is 14.8 Å². The van der Waals surface area contributed by atoms with Crippen LogP contribution in [-0.2, 0) is 0 Å². The average molecular weight is 273 g/mol. The Morgan fingerprint density at radius 1 is 1.00 bits per heavy atom. The molecule has 0 aromatic heterocycles. The van der Waals surface area contributed by atoms with E-state index < -0.39 is 6.10 Å². The summed E-state index contributed by atoms with van der Waals surface area (Å²) in [5.74, 6) is 1.30. The van der Waals surface area contributed by atoms with Gasteiger partial charge in [-0.05, 0) is 24.3 Å². The normalized spacial score (nSPS) is 11.7. The van der Waals surface area contributed by atoms with Crippen molar-refractivity contribution in [1.29, 1.82) is 0 Å². The lowest BCUT2D eigenvalue weighted by Gasteiger charge is -2.15. The average Bonchev–Trinajstić information content (AvgIpc) is 2.52. The second-order valence-electron chi connectivity index (χ2n) is 4.36. The van der Waals surface area contributed by atoms with Crippen molar-refractivity contribution in [2.75, 3.05) is 25.6 Å². The molecule has 2 rings (SSSR count). The Kier molecular flexibility index (Phi) is 5.26. The van der Waals surface area contributed by atoms with Gasteiger partial charge in [-0.1, -0.05) is 30.3 Å². The van der Waals surface area contributed by atoms with Gasteiger partial charge < -0.3 is 19.9 Å². The first-order valence-electron chi connectivity index (χ1n) is 6.52. The van der Waals surface area contributed by atoms with Gasteiger partial charge in [0.2, 0.25) is 0 Å². The fraction of sp³-hybridized carbons (Fsp3) is 0.250. The molecule has 0 aliphatic carbocycles. The van der Waals surface area contributed by atoms with Crippen molar-refractivity contribution in [1.82, 2.24) is 0 Å². The molecule has 4 heteroatoms. The van der Waals surface area contributed by atoms with Gasteiger partial charge >= 0.3 is 0 Å². The van der Waals surface area contributed by atoms with E-state index >= 15 is 0 Å². The Morgan fingerprint density at radius 3 is 2.35 bits per heavy atom. The van der Waals surface area contributed by atoms with Crippen LogP contribution >= 0.6 is 0 Å². The lowest BCUT2D eigenvalue weighted by molar-refractivity contribution is 0.115. The third-order valence-electron chi connectivity index (χ3n) is 2.82. The molecular weight excluding hydrogens is 254 g/mol. The van der Waals surface area contributed by atoms with Gasteiger partial charge in [-0.15, -0.1) is 0 Å². The number of methoxy groups -OCH3 is 1. The van der Waals surface area contributed by atoms with Crippen molar-refractivity contribution in [2.45, 2.75) is 6.10 Å². The van der Waals surface area contributed by atoms with Gasteiger partial charge in [-0.25, -0.2) is 0 Å². The number of anilines is 1. The molecule has 2 aromatic rings. The summed E-state index contributed by atoms with van der Waals surface area (Å²) in [5.41, 5.74) is 0.976. The van der Waals surface area contributed by atoms with Crippen molar-refractivity contribution in [2.24, 2.45) is 0 Å². The van der Waals surface area contributed by atoms with Gasteiger partial charge in [0, 0.05) is 12.2 Å². The van der Waals surface area contributed by atoms with E-state index in [0.717, 1.165) is 5.69 Å². The molecule has 0 amide bonds. The molecular formula is C16H19NO3. The number of aliphatic hydroxyl groups is 1. The first-order chi connectivity index (χ1) is 9.79. The van der Waals surface area contributed by atoms with Crippen LogP contribution in [0.25, 0.3) is 0 Å². The first kappa shape index (κ1) is 14.2. The Morgan fingerprint density at radius 2 is 1.65 bits per heavy atom. The molecule has 0 saturated carbocycles. The van der Waals surface area contributed by atoms with E-state index in [4.69, 9.17) is 9.47 Å². The molecule has 0 spiro atoms. The van der Waals surface area contributed by atoms with Gasteiger partial charge in [-0.2, -0.15) is 0 Å². The van der Waals surface area contributed by atoms with Crippen LogP contribution in [0.15, 0.2) is 54.6 Å². The molecule has 1 unspecified atom stereocenters. The predicted molar refractivity (Wildman–Crippen MR) is 79.4 cm³/mol. The highest BCUT2D eigenvalue weighted by Crippen LogP contribution is 2.25. The van der Waals surface area contributed by atoms with Gasteiger partial charge in [0.25, 0.3) is 0 Å². The summed E-state index contributed by atoms with van der Waals surface area (Å²) >= 11 is 0. The maximum atomic E-state index is 9.91. The van der Waals surface area contributed by atoms with E-state index in [2.05, 4.69) is 5.32 Å². The third kappa shape index (κ3) is 4.17. The second kappa shape index (κ2) is 7.40. The smallest absolute Gasteiger partial charge is 0.161 e. The van der Waals surface area contributed by atoms with Gasteiger partial charge in [-0.3, -0.25) is 0 Å². The van der Waals surface area contributed by atoms with Crippen molar-refractivity contribution >= 4 is 5.69 Å². The monoisotopic (exact) mass is 273 g/mol. The highest BCUT2D eigenvalue weighted by atomic mass is 16.5. The summed E-state index contributed by atoms with van der Waals surface area (Å²) in [7, 11) is 1.59. The van der Waals surface area contributed by atoms with E-state index in [1.165, 1.54) is 0 Å². The van der Waals surface area contributed by atoms with Crippen molar-refractivity contribution in [3.8, 4) is 11.5 Å². The van der Waals surface area contributed by atoms with Crippen LogP contribution in [0.2, 0.25) is 0 Å². The SMILES string of the molecule is COc1ccccc1OCC(O)CNc1ccccc1. The fourth-order valence-corrected chi connectivity index (χ4v) is 1.77. The lowest BCUT2D eigenvalue weighted by atomic mass is 10.3. The number of hydrogen-bond donors (Lipinski definition) is 2. The molecule has 106 valence electrons. The third-order valence-corrected chi connectivity index (χ3v) is 2.82. The van der Waals surface area contributed by atoms with Crippen molar-refractivity contribution in [3.63, 3.8) is 0 Å². The molecule has 20 heavy (non-hydrogen) atoms. The van der Waals surface area contributed by atoms with Crippen LogP contribution in [0.5, 0.6) is 11.5 Å². The number of nitrogens with one attached hydrogen (secondary N) is 1. The summed E-state index contributed by atoms with van der Waals surface area (Å²) in [4.78, 5) is 0. The maximum Gasteiger partial charge on any atom is 0.161 e. The number of hydrogen-bond acceptors (Lipinski definition) is 4. The highest BCUT2D eigenvalue weighted by Gasteiger charge is 2.08. The molecule has 0 aliphatic heterocycles. The zero-order valence-corrected chi connectivity index (χ0v) is 11.5. The highest BCUT2D eigenvalue weighted by molar-refractivity contribution is 5.42. The Labute approximate surface area is 119 Å². The number of rotatable bonds is 7. The first-order valence-corrected chi connectivity index (χ1v) is 6.52.